The zero-order valence-electron chi connectivity index (χ0n) is 11.6. The van der Waals surface area contributed by atoms with Gasteiger partial charge in [-0.25, -0.2) is 12.7 Å². The quantitative estimate of drug-likeness (QED) is 0.711. The van der Waals surface area contributed by atoms with E-state index in [-0.39, 0.29) is 0 Å². The highest BCUT2D eigenvalue weighted by Crippen LogP contribution is 2.27. The van der Waals surface area contributed by atoms with Gasteiger partial charge in [0.15, 0.2) is 0 Å². The van der Waals surface area contributed by atoms with E-state index in [1.54, 1.807) is 26.2 Å². The molecule has 0 aliphatic rings. The van der Waals surface area contributed by atoms with Crippen LogP contribution in [0.15, 0.2) is 29.2 Å². The van der Waals surface area contributed by atoms with Gasteiger partial charge in [-0.05, 0) is 18.6 Å². The minimum Gasteiger partial charge on any atom is -0.370 e. The molecule has 0 heterocycles. The number of benzene rings is 1. The van der Waals surface area contributed by atoms with Crippen molar-refractivity contribution in [3.63, 3.8) is 0 Å². The molecule has 0 bridgehead atoms. The minimum atomic E-state index is -3.41. The van der Waals surface area contributed by atoms with Gasteiger partial charge in [0, 0.05) is 32.5 Å². The molecule has 0 amide bonds. The van der Waals surface area contributed by atoms with Crippen molar-refractivity contribution in [2.45, 2.75) is 18.2 Å². The summed E-state index contributed by atoms with van der Waals surface area (Å²) in [6.45, 7) is 3.71. The Balaban J connectivity index is 3.28. The maximum absolute atomic E-state index is 12.4. The molecular weight excluding hydrogens is 328 g/mol. The molecule has 6 heteroatoms. The van der Waals surface area contributed by atoms with E-state index in [0.29, 0.717) is 4.90 Å². The Labute approximate surface area is 124 Å². The number of rotatable bonds is 7. The van der Waals surface area contributed by atoms with Crippen LogP contribution in [0, 0.1) is 0 Å². The Bertz CT molecular complexity index is 497. The van der Waals surface area contributed by atoms with E-state index in [4.69, 9.17) is 0 Å². The zero-order chi connectivity index (χ0) is 14.5. The lowest BCUT2D eigenvalue weighted by molar-refractivity contribution is 0.520. The molecule has 4 nitrogen and oxygen atoms in total. The van der Waals surface area contributed by atoms with Crippen molar-refractivity contribution in [1.82, 2.24) is 4.31 Å². The van der Waals surface area contributed by atoms with Gasteiger partial charge in [0.05, 0.1) is 5.69 Å². The summed E-state index contributed by atoms with van der Waals surface area (Å²) >= 11 is 3.42. The molecule has 0 aliphatic carbocycles. The van der Waals surface area contributed by atoms with Crippen LogP contribution in [0.25, 0.3) is 0 Å². The lowest BCUT2D eigenvalue weighted by atomic mass is 10.2. The zero-order valence-corrected chi connectivity index (χ0v) is 14.0. The van der Waals surface area contributed by atoms with Crippen molar-refractivity contribution < 1.29 is 8.42 Å². The number of halogens is 1. The van der Waals surface area contributed by atoms with Crippen LogP contribution in [0.4, 0.5) is 5.69 Å². The Morgan fingerprint density at radius 3 is 2.32 bits per heavy atom. The molecule has 108 valence electrons. The second-order valence-electron chi connectivity index (χ2n) is 4.43. The maximum Gasteiger partial charge on any atom is 0.244 e. The summed E-state index contributed by atoms with van der Waals surface area (Å²) in [5.41, 5.74) is 0.775. The number of nitrogens with zero attached hydrogens (tertiary/aromatic N) is 2. The molecule has 1 rings (SSSR count). The minimum absolute atomic E-state index is 0.370. The first-order valence-corrected chi connectivity index (χ1v) is 8.83. The van der Waals surface area contributed by atoms with Gasteiger partial charge in [0.25, 0.3) is 0 Å². The summed E-state index contributed by atoms with van der Waals surface area (Å²) in [4.78, 5) is 2.47. The van der Waals surface area contributed by atoms with Crippen molar-refractivity contribution in [2.24, 2.45) is 0 Å². The fourth-order valence-corrected chi connectivity index (χ4v) is 3.39. The molecule has 0 aromatic heterocycles. The van der Waals surface area contributed by atoms with E-state index in [1.807, 2.05) is 12.1 Å². The SMILES string of the molecule is CCCN(CCBr)c1ccccc1S(=O)(=O)N(C)C. The second-order valence-corrected chi connectivity index (χ2v) is 7.34. The molecule has 0 saturated heterocycles. The lowest BCUT2D eigenvalue weighted by Crippen LogP contribution is -2.30. The summed E-state index contributed by atoms with van der Waals surface area (Å²) < 4.78 is 26.0. The van der Waals surface area contributed by atoms with Crippen LogP contribution in [0.1, 0.15) is 13.3 Å². The number of anilines is 1. The van der Waals surface area contributed by atoms with Crippen molar-refractivity contribution in [1.29, 1.82) is 0 Å². The molecule has 1 aromatic rings. The standard InChI is InChI=1S/C13H21BrN2O2S/c1-4-10-16(11-9-14)12-7-5-6-8-13(12)19(17,18)15(2)3/h5-8H,4,9-11H2,1-3H3. The largest absolute Gasteiger partial charge is 0.370 e. The Hall–Kier alpha value is -0.590. The number of hydrogen-bond acceptors (Lipinski definition) is 3. The second kappa shape index (κ2) is 7.26. The van der Waals surface area contributed by atoms with Crippen LogP contribution in [-0.4, -0.2) is 45.2 Å². The van der Waals surface area contributed by atoms with E-state index < -0.39 is 10.0 Å². The van der Waals surface area contributed by atoms with Crippen LogP contribution < -0.4 is 4.90 Å². The lowest BCUT2D eigenvalue weighted by Gasteiger charge is -2.26. The average Bonchev–Trinajstić information content (AvgIpc) is 2.38. The molecule has 0 radical (unpaired) electrons. The fourth-order valence-electron chi connectivity index (χ4n) is 1.86. The van der Waals surface area contributed by atoms with Gasteiger partial charge in [0.2, 0.25) is 10.0 Å². The third-order valence-corrected chi connectivity index (χ3v) is 5.03. The first-order valence-electron chi connectivity index (χ1n) is 6.27. The third kappa shape index (κ3) is 3.94. The van der Waals surface area contributed by atoms with Gasteiger partial charge in [-0.2, -0.15) is 0 Å². The molecule has 0 fully saturated rings. The van der Waals surface area contributed by atoms with E-state index in [9.17, 15) is 8.42 Å². The summed E-state index contributed by atoms with van der Waals surface area (Å²) in [6, 6.07) is 7.18. The van der Waals surface area contributed by atoms with Gasteiger partial charge in [-0.15, -0.1) is 0 Å². The highest BCUT2D eigenvalue weighted by Gasteiger charge is 2.23. The highest BCUT2D eigenvalue weighted by molar-refractivity contribution is 9.09. The van der Waals surface area contributed by atoms with Crippen molar-refractivity contribution in [3.8, 4) is 0 Å². The van der Waals surface area contributed by atoms with Crippen molar-refractivity contribution in [3.05, 3.63) is 24.3 Å². The van der Waals surface area contributed by atoms with Gasteiger partial charge in [0.1, 0.15) is 4.90 Å². The maximum atomic E-state index is 12.4. The number of hydrogen-bond donors (Lipinski definition) is 0. The van der Waals surface area contributed by atoms with Crippen LogP contribution in [0.3, 0.4) is 0 Å². The Kier molecular flexibility index (Phi) is 6.29. The summed E-state index contributed by atoms with van der Waals surface area (Å²) in [6.07, 6.45) is 0.976. The molecule has 0 atom stereocenters. The van der Waals surface area contributed by atoms with Crippen LogP contribution in [-0.2, 0) is 10.0 Å². The highest BCUT2D eigenvalue weighted by atomic mass is 79.9. The number of alkyl halides is 1. The number of para-hydroxylation sites is 1. The Morgan fingerprint density at radius 2 is 1.79 bits per heavy atom. The first-order chi connectivity index (χ1) is 8.95. The Morgan fingerprint density at radius 1 is 1.16 bits per heavy atom. The first kappa shape index (κ1) is 16.5. The normalized spacial score (nSPS) is 11.8. The molecule has 0 unspecified atom stereocenters. The third-order valence-electron chi connectivity index (χ3n) is 2.81. The average molecular weight is 349 g/mol. The van der Waals surface area contributed by atoms with Gasteiger partial charge >= 0.3 is 0 Å². The molecule has 0 N–H and O–H groups in total. The smallest absolute Gasteiger partial charge is 0.244 e. The topological polar surface area (TPSA) is 40.6 Å². The van der Waals surface area contributed by atoms with Crippen LogP contribution in [0.5, 0.6) is 0 Å². The van der Waals surface area contributed by atoms with Crippen LogP contribution in [0.2, 0.25) is 0 Å². The van der Waals surface area contributed by atoms with Crippen molar-refractivity contribution in [2.75, 3.05) is 37.4 Å². The molecule has 0 spiro atoms. The van der Waals surface area contributed by atoms with E-state index in [1.165, 1.54) is 4.31 Å². The molecule has 0 aliphatic heterocycles. The van der Waals surface area contributed by atoms with Crippen LogP contribution >= 0.6 is 15.9 Å². The van der Waals surface area contributed by atoms with Gasteiger partial charge in [-0.1, -0.05) is 35.0 Å². The molecule has 1 aromatic carbocycles. The van der Waals surface area contributed by atoms with E-state index in [0.717, 1.165) is 30.5 Å². The van der Waals surface area contributed by atoms with E-state index in [2.05, 4.69) is 27.8 Å². The molecular formula is C13H21BrN2O2S. The summed E-state index contributed by atoms with van der Waals surface area (Å²) in [5, 5.41) is 0.809. The number of sulfonamides is 1. The summed E-state index contributed by atoms with van der Waals surface area (Å²) in [5.74, 6) is 0. The predicted octanol–water partition coefficient (Wildman–Crippen LogP) is 2.55. The monoisotopic (exact) mass is 348 g/mol. The predicted molar refractivity (Wildman–Crippen MR) is 83.6 cm³/mol. The van der Waals surface area contributed by atoms with E-state index >= 15 is 0 Å². The van der Waals surface area contributed by atoms with Gasteiger partial charge < -0.3 is 4.90 Å². The molecule has 19 heavy (non-hydrogen) atoms. The van der Waals surface area contributed by atoms with Crippen molar-refractivity contribution >= 4 is 31.6 Å². The molecule has 0 saturated carbocycles. The summed E-state index contributed by atoms with van der Waals surface area (Å²) in [7, 11) is -0.300. The van der Waals surface area contributed by atoms with Gasteiger partial charge in [-0.3, -0.25) is 0 Å². The fraction of sp³-hybridized carbons (Fsp3) is 0.538.